The second kappa shape index (κ2) is 6.05. The molecule has 0 amide bonds. The molecule has 78 valence electrons. The average molecular weight is 213 g/mol. The maximum atomic E-state index is 5.80. The molecule has 1 aromatic carbocycles. The highest BCUT2D eigenvalue weighted by Gasteiger charge is 2.11. The van der Waals surface area contributed by atoms with Crippen molar-refractivity contribution in [3.63, 3.8) is 0 Å². The summed E-state index contributed by atoms with van der Waals surface area (Å²) in [7, 11) is 0. The molecule has 0 spiro atoms. The van der Waals surface area contributed by atoms with Gasteiger partial charge in [-0.1, -0.05) is 37.3 Å². The Balaban J connectivity index is 2.54. The Labute approximate surface area is 91.0 Å². The van der Waals surface area contributed by atoms with E-state index in [1.54, 1.807) is 0 Å². The molecule has 1 aromatic rings. The molecule has 0 aliphatic carbocycles. The Hall–Kier alpha value is -0.530. The van der Waals surface area contributed by atoms with Crippen LogP contribution in [0.2, 0.25) is 0 Å². The van der Waals surface area contributed by atoms with Gasteiger partial charge in [-0.25, -0.2) is 0 Å². The first-order chi connectivity index (χ1) is 6.77. The van der Waals surface area contributed by atoms with Crippen molar-refractivity contribution in [3.8, 4) is 0 Å². The minimum atomic E-state index is 0.125. The van der Waals surface area contributed by atoms with Gasteiger partial charge >= 0.3 is 0 Å². The van der Waals surface area contributed by atoms with E-state index in [0.717, 1.165) is 6.42 Å². The Morgan fingerprint density at radius 1 is 1.29 bits per heavy atom. The van der Waals surface area contributed by atoms with Crippen LogP contribution in [0, 0.1) is 0 Å². The van der Waals surface area contributed by atoms with Crippen LogP contribution in [0.3, 0.4) is 0 Å². The summed E-state index contributed by atoms with van der Waals surface area (Å²) in [6, 6.07) is 10.2. The number of rotatable bonds is 5. The SMILES string of the molecule is CCC(CCl)OC(C)c1ccccc1. The largest absolute Gasteiger partial charge is 0.369 e. The molecule has 0 bridgehead atoms. The van der Waals surface area contributed by atoms with Crippen molar-refractivity contribution in [1.82, 2.24) is 0 Å². The van der Waals surface area contributed by atoms with E-state index in [1.807, 2.05) is 18.2 Å². The predicted molar refractivity (Wildman–Crippen MR) is 60.7 cm³/mol. The second-order valence-electron chi connectivity index (χ2n) is 3.37. The highest BCUT2D eigenvalue weighted by atomic mass is 35.5. The summed E-state index contributed by atoms with van der Waals surface area (Å²) in [5.41, 5.74) is 1.20. The Kier molecular flexibility index (Phi) is 4.99. The molecule has 0 saturated heterocycles. The molecule has 2 unspecified atom stereocenters. The van der Waals surface area contributed by atoms with Crippen molar-refractivity contribution < 1.29 is 4.74 Å². The molecule has 0 fully saturated rings. The number of ether oxygens (including phenoxy) is 1. The maximum absolute atomic E-state index is 5.80. The van der Waals surface area contributed by atoms with E-state index in [2.05, 4.69) is 26.0 Å². The van der Waals surface area contributed by atoms with Gasteiger partial charge in [0.05, 0.1) is 12.2 Å². The van der Waals surface area contributed by atoms with E-state index in [0.29, 0.717) is 5.88 Å². The van der Waals surface area contributed by atoms with E-state index in [-0.39, 0.29) is 12.2 Å². The normalized spacial score (nSPS) is 15.1. The topological polar surface area (TPSA) is 9.23 Å². The van der Waals surface area contributed by atoms with Gasteiger partial charge < -0.3 is 4.74 Å². The standard InChI is InChI=1S/C12H17ClO/c1-3-12(9-13)14-10(2)11-7-5-4-6-8-11/h4-8,10,12H,3,9H2,1-2H3. The maximum Gasteiger partial charge on any atom is 0.0801 e. The summed E-state index contributed by atoms with van der Waals surface area (Å²) in [4.78, 5) is 0. The van der Waals surface area contributed by atoms with Crippen LogP contribution in [-0.2, 0) is 4.74 Å². The highest BCUT2D eigenvalue weighted by molar-refractivity contribution is 6.18. The van der Waals surface area contributed by atoms with Crippen molar-refractivity contribution >= 4 is 11.6 Å². The van der Waals surface area contributed by atoms with Gasteiger partial charge in [0.2, 0.25) is 0 Å². The van der Waals surface area contributed by atoms with Crippen molar-refractivity contribution in [2.24, 2.45) is 0 Å². The molecule has 0 heterocycles. The quantitative estimate of drug-likeness (QED) is 0.675. The van der Waals surface area contributed by atoms with Crippen molar-refractivity contribution in [2.45, 2.75) is 32.5 Å². The lowest BCUT2D eigenvalue weighted by Crippen LogP contribution is -2.15. The molecule has 0 N–H and O–H groups in total. The first kappa shape index (κ1) is 11.5. The minimum Gasteiger partial charge on any atom is -0.369 e. The van der Waals surface area contributed by atoms with Crippen LogP contribution in [0.1, 0.15) is 31.9 Å². The predicted octanol–water partition coefficient (Wildman–Crippen LogP) is 3.78. The number of hydrogen-bond donors (Lipinski definition) is 0. The lowest BCUT2D eigenvalue weighted by molar-refractivity contribution is 0.00745. The van der Waals surface area contributed by atoms with Crippen LogP contribution < -0.4 is 0 Å². The molecule has 14 heavy (non-hydrogen) atoms. The summed E-state index contributed by atoms with van der Waals surface area (Å²) in [5.74, 6) is 0.563. The highest BCUT2D eigenvalue weighted by Crippen LogP contribution is 2.19. The fourth-order valence-corrected chi connectivity index (χ4v) is 1.62. The van der Waals surface area contributed by atoms with E-state index < -0.39 is 0 Å². The fourth-order valence-electron chi connectivity index (χ4n) is 1.33. The molecule has 0 radical (unpaired) electrons. The monoisotopic (exact) mass is 212 g/mol. The van der Waals surface area contributed by atoms with Gasteiger partial charge in [0.25, 0.3) is 0 Å². The number of halogens is 1. The van der Waals surface area contributed by atoms with Gasteiger partial charge in [-0.3, -0.25) is 0 Å². The van der Waals surface area contributed by atoms with Gasteiger partial charge in [-0.05, 0) is 18.9 Å². The van der Waals surface area contributed by atoms with Crippen LogP contribution in [0.15, 0.2) is 30.3 Å². The third kappa shape index (κ3) is 3.32. The molecule has 1 nitrogen and oxygen atoms in total. The fraction of sp³-hybridized carbons (Fsp3) is 0.500. The zero-order valence-electron chi connectivity index (χ0n) is 8.74. The molecule has 2 heteroatoms. The lowest BCUT2D eigenvalue weighted by atomic mass is 10.1. The van der Waals surface area contributed by atoms with E-state index in [1.165, 1.54) is 5.56 Å². The zero-order valence-corrected chi connectivity index (χ0v) is 9.50. The number of benzene rings is 1. The Morgan fingerprint density at radius 2 is 1.93 bits per heavy atom. The molecule has 0 aromatic heterocycles. The van der Waals surface area contributed by atoms with Crippen LogP contribution in [0.5, 0.6) is 0 Å². The van der Waals surface area contributed by atoms with Crippen molar-refractivity contribution in [1.29, 1.82) is 0 Å². The molecule has 2 atom stereocenters. The molecule has 1 rings (SSSR count). The number of alkyl halides is 1. The summed E-state index contributed by atoms with van der Waals surface area (Å²) in [5, 5.41) is 0. The van der Waals surface area contributed by atoms with Gasteiger partial charge in [0.1, 0.15) is 0 Å². The van der Waals surface area contributed by atoms with Crippen LogP contribution in [0.4, 0.5) is 0 Å². The first-order valence-electron chi connectivity index (χ1n) is 5.04. The van der Waals surface area contributed by atoms with Gasteiger partial charge in [0.15, 0.2) is 0 Å². The Bertz CT molecular complexity index is 244. The lowest BCUT2D eigenvalue weighted by Gasteiger charge is -2.19. The average Bonchev–Trinajstić information content (AvgIpc) is 2.26. The smallest absolute Gasteiger partial charge is 0.0801 e. The molecular weight excluding hydrogens is 196 g/mol. The van der Waals surface area contributed by atoms with E-state index in [9.17, 15) is 0 Å². The molecule has 0 saturated carbocycles. The molecular formula is C12H17ClO. The summed E-state index contributed by atoms with van der Waals surface area (Å²) in [6.07, 6.45) is 1.24. The van der Waals surface area contributed by atoms with Gasteiger partial charge in [-0.2, -0.15) is 0 Å². The van der Waals surface area contributed by atoms with E-state index >= 15 is 0 Å². The van der Waals surface area contributed by atoms with Gasteiger partial charge in [-0.15, -0.1) is 11.6 Å². The Morgan fingerprint density at radius 3 is 2.43 bits per heavy atom. The first-order valence-corrected chi connectivity index (χ1v) is 5.57. The molecule has 0 aliphatic heterocycles. The van der Waals surface area contributed by atoms with E-state index in [4.69, 9.17) is 16.3 Å². The van der Waals surface area contributed by atoms with Crippen LogP contribution >= 0.6 is 11.6 Å². The second-order valence-corrected chi connectivity index (χ2v) is 3.68. The third-order valence-electron chi connectivity index (χ3n) is 2.29. The van der Waals surface area contributed by atoms with Crippen molar-refractivity contribution in [2.75, 3.05) is 5.88 Å². The molecule has 0 aliphatic rings. The summed E-state index contributed by atoms with van der Waals surface area (Å²) >= 11 is 5.77. The zero-order chi connectivity index (χ0) is 10.4. The minimum absolute atomic E-state index is 0.125. The third-order valence-corrected chi connectivity index (χ3v) is 2.64. The summed E-state index contributed by atoms with van der Waals surface area (Å²) in [6.45, 7) is 4.15. The van der Waals surface area contributed by atoms with Gasteiger partial charge in [0, 0.05) is 5.88 Å². The number of hydrogen-bond acceptors (Lipinski definition) is 1. The van der Waals surface area contributed by atoms with Crippen LogP contribution in [0.25, 0.3) is 0 Å². The van der Waals surface area contributed by atoms with Crippen LogP contribution in [-0.4, -0.2) is 12.0 Å². The summed E-state index contributed by atoms with van der Waals surface area (Å²) < 4.78 is 5.80. The van der Waals surface area contributed by atoms with Crippen molar-refractivity contribution in [3.05, 3.63) is 35.9 Å².